The van der Waals surface area contributed by atoms with Crippen LogP contribution in [0.25, 0.3) is 0 Å². The molecule has 1 nitrogen and oxygen atoms in total. The van der Waals surface area contributed by atoms with Gasteiger partial charge in [-0.1, -0.05) is 6.07 Å². The zero-order valence-corrected chi connectivity index (χ0v) is 10.2. The molecule has 2 aliphatic rings. The fourth-order valence-electron chi connectivity index (χ4n) is 3.44. The van der Waals surface area contributed by atoms with Crippen molar-refractivity contribution in [2.24, 2.45) is 0 Å². The summed E-state index contributed by atoms with van der Waals surface area (Å²) in [6.07, 6.45) is 10.7. The Kier molecular flexibility index (Phi) is 2.62. The molecule has 0 fully saturated rings. The van der Waals surface area contributed by atoms with Crippen LogP contribution >= 0.6 is 0 Å². The van der Waals surface area contributed by atoms with Crippen molar-refractivity contribution in [3.05, 3.63) is 28.3 Å². The number of hydrogen-bond donors (Lipinski definition) is 1. The van der Waals surface area contributed by atoms with Crippen LogP contribution < -0.4 is 5.32 Å². The molecule has 0 unspecified atom stereocenters. The molecule has 2 aliphatic carbocycles. The van der Waals surface area contributed by atoms with Crippen molar-refractivity contribution in [1.82, 2.24) is 0 Å². The third kappa shape index (κ3) is 1.53. The molecule has 3 rings (SSSR count). The SMILES string of the molecule is CNc1c2c(cc3c1CCCC3)CCCC2. The van der Waals surface area contributed by atoms with E-state index in [1.54, 1.807) is 22.3 Å². The van der Waals surface area contributed by atoms with E-state index in [0.717, 1.165) is 0 Å². The van der Waals surface area contributed by atoms with E-state index in [1.807, 2.05) is 0 Å². The van der Waals surface area contributed by atoms with E-state index in [4.69, 9.17) is 0 Å². The maximum Gasteiger partial charge on any atom is 0.0408 e. The van der Waals surface area contributed by atoms with Gasteiger partial charge >= 0.3 is 0 Å². The molecule has 0 amide bonds. The number of rotatable bonds is 1. The minimum Gasteiger partial charge on any atom is -0.388 e. The second-order valence-corrected chi connectivity index (χ2v) is 5.19. The number of benzene rings is 1. The molecule has 86 valence electrons. The summed E-state index contributed by atoms with van der Waals surface area (Å²) < 4.78 is 0. The van der Waals surface area contributed by atoms with Crippen LogP contribution in [0.2, 0.25) is 0 Å². The van der Waals surface area contributed by atoms with Gasteiger partial charge in [-0.2, -0.15) is 0 Å². The molecule has 0 saturated heterocycles. The Balaban J connectivity index is 2.16. The maximum atomic E-state index is 3.48. The van der Waals surface area contributed by atoms with Gasteiger partial charge in [-0.15, -0.1) is 0 Å². The summed E-state index contributed by atoms with van der Waals surface area (Å²) in [6.45, 7) is 0. The average molecular weight is 215 g/mol. The first-order valence-electron chi connectivity index (χ1n) is 6.74. The van der Waals surface area contributed by atoms with Gasteiger partial charge in [-0.3, -0.25) is 0 Å². The van der Waals surface area contributed by atoms with E-state index in [1.165, 1.54) is 57.1 Å². The topological polar surface area (TPSA) is 12.0 Å². The van der Waals surface area contributed by atoms with Crippen LogP contribution in [0.4, 0.5) is 5.69 Å². The lowest BCUT2D eigenvalue weighted by Crippen LogP contribution is -2.14. The summed E-state index contributed by atoms with van der Waals surface area (Å²) in [5.74, 6) is 0. The quantitative estimate of drug-likeness (QED) is 0.756. The van der Waals surface area contributed by atoms with E-state index in [9.17, 15) is 0 Å². The van der Waals surface area contributed by atoms with E-state index in [2.05, 4.69) is 18.4 Å². The maximum absolute atomic E-state index is 3.48. The summed E-state index contributed by atoms with van der Waals surface area (Å²) in [5, 5.41) is 3.48. The third-order valence-electron chi connectivity index (χ3n) is 4.22. The zero-order chi connectivity index (χ0) is 11.0. The van der Waals surface area contributed by atoms with E-state index in [-0.39, 0.29) is 0 Å². The fraction of sp³-hybridized carbons (Fsp3) is 0.600. The van der Waals surface area contributed by atoms with Crippen LogP contribution in [0.3, 0.4) is 0 Å². The van der Waals surface area contributed by atoms with Crippen molar-refractivity contribution < 1.29 is 0 Å². The Morgan fingerprint density at radius 1 is 0.812 bits per heavy atom. The number of aryl methyl sites for hydroxylation is 2. The van der Waals surface area contributed by atoms with Crippen LogP contribution in [-0.2, 0) is 25.7 Å². The third-order valence-corrected chi connectivity index (χ3v) is 4.22. The van der Waals surface area contributed by atoms with Crippen LogP contribution in [-0.4, -0.2) is 7.05 Å². The number of hydrogen-bond acceptors (Lipinski definition) is 1. The molecule has 1 heteroatoms. The zero-order valence-electron chi connectivity index (χ0n) is 10.2. The predicted octanol–water partition coefficient (Wildman–Crippen LogP) is 3.49. The number of fused-ring (bicyclic) bond motifs is 2. The minimum atomic E-state index is 1.29. The molecular weight excluding hydrogens is 194 g/mol. The molecule has 1 aromatic carbocycles. The van der Waals surface area contributed by atoms with Gasteiger partial charge in [0.1, 0.15) is 0 Å². The van der Waals surface area contributed by atoms with Gasteiger partial charge in [0.15, 0.2) is 0 Å². The van der Waals surface area contributed by atoms with Crippen molar-refractivity contribution in [1.29, 1.82) is 0 Å². The summed E-state index contributed by atoms with van der Waals surface area (Å²) in [7, 11) is 2.10. The van der Waals surface area contributed by atoms with Gasteiger partial charge in [-0.25, -0.2) is 0 Å². The molecule has 1 N–H and O–H groups in total. The molecule has 16 heavy (non-hydrogen) atoms. The van der Waals surface area contributed by atoms with Crippen molar-refractivity contribution >= 4 is 5.69 Å². The first-order valence-corrected chi connectivity index (χ1v) is 6.74. The van der Waals surface area contributed by atoms with Crippen molar-refractivity contribution in [2.45, 2.75) is 51.4 Å². The van der Waals surface area contributed by atoms with Crippen LogP contribution in [0.5, 0.6) is 0 Å². The van der Waals surface area contributed by atoms with Gasteiger partial charge < -0.3 is 5.32 Å². The standard InChI is InChI=1S/C15H21N/c1-16-15-13-8-4-2-6-11(13)10-12-7-3-5-9-14(12)15/h10,16H,2-9H2,1H3. The molecule has 0 atom stereocenters. The van der Waals surface area contributed by atoms with E-state index in [0.29, 0.717) is 0 Å². The molecule has 0 aliphatic heterocycles. The molecule has 0 heterocycles. The molecule has 0 bridgehead atoms. The molecule has 0 spiro atoms. The second kappa shape index (κ2) is 4.12. The Morgan fingerprint density at radius 3 is 1.81 bits per heavy atom. The monoisotopic (exact) mass is 215 g/mol. The fourth-order valence-corrected chi connectivity index (χ4v) is 3.44. The Labute approximate surface area is 98.3 Å². The number of anilines is 1. The van der Waals surface area contributed by atoms with Gasteiger partial charge in [-0.05, 0) is 73.6 Å². The lowest BCUT2D eigenvalue weighted by atomic mass is 9.81. The van der Waals surface area contributed by atoms with Gasteiger partial charge in [0.2, 0.25) is 0 Å². The van der Waals surface area contributed by atoms with Crippen molar-refractivity contribution in [3.63, 3.8) is 0 Å². The molecule has 0 saturated carbocycles. The van der Waals surface area contributed by atoms with E-state index >= 15 is 0 Å². The van der Waals surface area contributed by atoms with Crippen LogP contribution in [0.1, 0.15) is 47.9 Å². The first kappa shape index (κ1) is 10.2. The first-order chi connectivity index (χ1) is 7.90. The lowest BCUT2D eigenvalue weighted by molar-refractivity contribution is 0.660. The molecule has 0 aromatic heterocycles. The Hall–Kier alpha value is -0.980. The lowest BCUT2D eigenvalue weighted by Gasteiger charge is -2.27. The predicted molar refractivity (Wildman–Crippen MR) is 69.3 cm³/mol. The smallest absolute Gasteiger partial charge is 0.0408 e. The van der Waals surface area contributed by atoms with Gasteiger partial charge in [0.05, 0.1) is 0 Å². The normalized spacial score (nSPS) is 18.8. The largest absolute Gasteiger partial charge is 0.388 e. The van der Waals surface area contributed by atoms with Crippen LogP contribution in [0.15, 0.2) is 6.07 Å². The summed E-state index contributed by atoms with van der Waals surface area (Å²) in [5.41, 5.74) is 8.03. The molecule has 1 aromatic rings. The Bertz CT molecular complexity index is 372. The minimum absolute atomic E-state index is 1.29. The Morgan fingerprint density at radius 2 is 1.31 bits per heavy atom. The highest BCUT2D eigenvalue weighted by atomic mass is 14.8. The summed E-state index contributed by atoms with van der Waals surface area (Å²) in [4.78, 5) is 0. The number of nitrogens with one attached hydrogen (secondary N) is 1. The summed E-state index contributed by atoms with van der Waals surface area (Å²) in [6, 6.07) is 2.52. The second-order valence-electron chi connectivity index (χ2n) is 5.19. The van der Waals surface area contributed by atoms with Crippen molar-refractivity contribution in [3.8, 4) is 0 Å². The highest BCUT2D eigenvalue weighted by Gasteiger charge is 2.20. The highest BCUT2D eigenvalue weighted by molar-refractivity contribution is 5.64. The van der Waals surface area contributed by atoms with Crippen molar-refractivity contribution in [2.75, 3.05) is 12.4 Å². The summed E-state index contributed by atoms with van der Waals surface area (Å²) >= 11 is 0. The highest BCUT2D eigenvalue weighted by Crippen LogP contribution is 2.36. The van der Waals surface area contributed by atoms with Crippen LogP contribution in [0, 0.1) is 0 Å². The van der Waals surface area contributed by atoms with Gasteiger partial charge in [0, 0.05) is 12.7 Å². The molecular formula is C15H21N. The molecule has 0 radical (unpaired) electrons. The van der Waals surface area contributed by atoms with E-state index < -0.39 is 0 Å². The van der Waals surface area contributed by atoms with Gasteiger partial charge in [0.25, 0.3) is 0 Å². The average Bonchev–Trinajstić information content (AvgIpc) is 2.36.